The highest BCUT2D eigenvalue weighted by molar-refractivity contribution is 5.82. The van der Waals surface area contributed by atoms with E-state index < -0.39 is 5.54 Å². The molecule has 0 radical (unpaired) electrons. The zero-order chi connectivity index (χ0) is 15.5. The van der Waals surface area contributed by atoms with E-state index in [0.29, 0.717) is 12.0 Å². The summed E-state index contributed by atoms with van der Waals surface area (Å²) in [5, 5.41) is 3.46. The van der Waals surface area contributed by atoms with E-state index in [1.165, 1.54) is 20.0 Å². The molecule has 1 N–H and O–H groups in total. The van der Waals surface area contributed by atoms with Crippen molar-refractivity contribution in [2.75, 3.05) is 47.4 Å². The van der Waals surface area contributed by atoms with E-state index in [1.807, 2.05) is 0 Å². The molecule has 0 aromatic heterocycles. The molecule has 122 valence electrons. The minimum absolute atomic E-state index is 0.0911. The highest BCUT2D eigenvalue weighted by atomic mass is 16.5. The van der Waals surface area contributed by atoms with Crippen LogP contribution in [0.5, 0.6) is 0 Å². The van der Waals surface area contributed by atoms with Crippen molar-refractivity contribution in [3.8, 4) is 0 Å². The summed E-state index contributed by atoms with van der Waals surface area (Å²) in [5.41, 5.74) is -0.512. The molecule has 2 aliphatic rings. The normalized spacial score (nSPS) is 24.0. The number of likely N-dealkylation sites (tertiary alicyclic amines) is 1. The number of piperidine rings is 1. The third kappa shape index (κ3) is 3.76. The van der Waals surface area contributed by atoms with Crippen molar-refractivity contribution in [3.05, 3.63) is 0 Å². The molecule has 2 rings (SSSR count). The molecule has 0 bridgehead atoms. The molecule has 2 fully saturated rings. The van der Waals surface area contributed by atoms with Gasteiger partial charge < -0.3 is 19.9 Å². The minimum Gasteiger partial charge on any atom is -0.468 e. The molecule has 21 heavy (non-hydrogen) atoms. The number of carbonyl (C=O) groups is 1. The molecular weight excluding hydrogens is 266 g/mol. The van der Waals surface area contributed by atoms with Gasteiger partial charge in [0, 0.05) is 12.6 Å². The van der Waals surface area contributed by atoms with Gasteiger partial charge in [-0.1, -0.05) is 6.92 Å². The molecule has 1 atom stereocenters. The van der Waals surface area contributed by atoms with Crippen molar-refractivity contribution < 1.29 is 9.53 Å². The molecule has 5 nitrogen and oxygen atoms in total. The maximum Gasteiger partial charge on any atom is 0.327 e. The van der Waals surface area contributed by atoms with Gasteiger partial charge in [0.2, 0.25) is 0 Å². The summed E-state index contributed by atoms with van der Waals surface area (Å²) in [4.78, 5) is 17.2. The van der Waals surface area contributed by atoms with Gasteiger partial charge in [0.25, 0.3) is 0 Å². The Balaban J connectivity index is 2.05. The molecule has 0 amide bonds. The first-order chi connectivity index (χ1) is 10.0. The Labute approximate surface area is 129 Å². The predicted molar refractivity (Wildman–Crippen MR) is 84.3 cm³/mol. The van der Waals surface area contributed by atoms with Crippen molar-refractivity contribution in [1.82, 2.24) is 15.1 Å². The lowest BCUT2D eigenvalue weighted by molar-refractivity contribution is -0.151. The summed E-state index contributed by atoms with van der Waals surface area (Å²) in [6.45, 7) is 5.91. The van der Waals surface area contributed by atoms with Gasteiger partial charge in [0.15, 0.2) is 0 Å². The molecule has 1 aliphatic heterocycles. The van der Waals surface area contributed by atoms with Gasteiger partial charge in [-0.25, -0.2) is 4.79 Å². The lowest BCUT2D eigenvalue weighted by atomic mass is 9.90. The van der Waals surface area contributed by atoms with Crippen LogP contribution in [0.4, 0.5) is 0 Å². The molecule has 1 unspecified atom stereocenters. The molecule has 1 saturated carbocycles. The Morgan fingerprint density at radius 1 is 1.33 bits per heavy atom. The number of esters is 1. The maximum absolute atomic E-state index is 12.5. The number of likely N-dealkylation sites (N-methyl/N-ethyl adjacent to an activating group) is 2. The third-order valence-electron chi connectivity index (χ3n) is 5.13. The van der Waals surface area contributed by atoms with Crippen molar-refractivity contribution in [1.29, 1.82) is 0 Å². The average molecular weight is 297 g/mol. The van der Waals surface area contributed by atoms with Crippen LogP contribution in [0.25, 0.3) is 0 Å². The van der Waals surface area contributed by atoms with Crippen LogP contribution in [0.2, 0.25) is 0 Å². The third-order valence-corrected chi connectivity index (χ3v) is 5.13. The topological polar surface area (TPSA) is 44.8 Å². The second-order valence-electron chi connectivity index (χ2n) is 6.72. The Kier molecular flexibility index (Phi) is 5.63. The van der Waals surface area contributed by atoms with E-state index in [-0.39, 0.29) is 5.97 Å². The van der Waals surface area contributed by atoms with Gasteiger partial charge >= 0.3 is 5.97 Å². The summed E-state index contributed by atoms with van der Waals surface area (Å²) in [7, 11) is 5.84. The number of rotatable bonds is 7. The Morgan fingerprint density at radius 2 is 1.95 bits per heavy atom. The second-order valence-corrected chi connectivity index (χ2v) is 6.72. The van der Waals surface area contributed by atoms with E-state index in [0.717, 1.165) is 39.0 Å². The second kappa shape index (κ2) is 7.07. The van der Waals surface area contributed by atoms with Crippen molar-refractivity contribution in [2.24, 2.45) is 5.92 Å². The lowest BCUT2D eigenvalue weighted by Crippen LogP contribution is -2.62. The zero-order valence-electron chi connectivity index (χ0n) is 14.0. The van der Waals surface area contributed by atoms with Gasteiger partial charge in [-0.15, -0.1) is 0 Å². The van der Waals surface area contributed by atoms with Gasteiger partial charge in [0.1, 0.15) is 5.54 Å². The number of nitrogens with one attached hydrogen (secondary N) is 1. The largest absolute Gasteiger partial charge is 0.468 e. The van der Waals surface area contributed by atoms with Gasteiger partial charge in [-0.3, -0.25) is 0 Å². The van der Waals surface area contributed by atoms with Gasteiger partial charge in [-0.2, -0.15) is 0 Å². The van der Waals surface area contributed by atoms with E-state index in [4.69, 9.17) is 4.74 Å². The van der Waals surface area contributed by atoms with E-state index in [9.17, 15) is 4.79 Å². The van der Waals surface area contributed by atoms with Crippen molar-refractivity contribution >= 4 is 5.97 Å². The Hall–Kier alpha value is -0.650. The van der Waals surface area contributed by atoms with Crippen LogP contribution in [0, 0.1) is 5.92 Å². The van der Waals surface area contributed by atoms with Crippen LogP contribution in [0.3, 0.4) is 0 Å². The van der Waals surface area contributed by atoms with Crippen LogP contribution in [-0.4, -0.2) is 74.7 Å². The summed E-state index contributed by atoms with van der Waals surface area (Å²) < 4.78 is 5.14. The monoisotopic (exact) mass is 297 g/mol. The van der Waals surface area contributed by atoms with E-state index in [2.05, 4.69) is 36.1 Å². The highest BCUT2D eigenvalue weighted by Gasteiger charge is 2.52. The lowest BCUT2D eigenvalue weighted by Gasteiger charge is -2.41. The summed E-state index contributed by atoms with van der Waals surface area (Å²) in [6.07, 6.45) is 4.62. The first-order valence-corrected chi connectivity index (χ1v) is 8.25. The molecule has 0 aromatic rings. The number of carbonyl (C=O) groups excluding carboxylic acids is 1. The van der Waals surface area contributed by atoms with Crippen LogP contribution < -0.4 is 5.32 Å². The fourth-order valence-electron chi connectivity index (χ4n) is 3.66. The first kappa shape index (κ1) is 16.7. The average Bonchev–Trinajstić information content (AvgIpc) is 3.31. The number of nitrogens with zero attached hydrogens (tertiary/aromatic N) is 2. The summed E-state index contributed by atoms with van der Waals surface area (Å²) in [6, 6.07) is 0.572. The highest BCUT2D eigenvalue weighted by Crippen LogP contribution is 2.41. The fraction of sp³-hybridized carbons (Fsp3) is 0.938. The van der Waals surface area contributed by atoms with Crippen LogP contribution in [0.1, 0.15) is 32.6 Å². The Bertz CT molecular complexity index is 351. The fourth-order valence-corrected chi connectivity index (χ4v) is 3.66. The summed E-state index contributed by atoms with van der Waals surface area (Å²) >= 11 is 0. The molecule has 1 aliphatic carbocycles. The predicted octanol–water partition coefficient (Wildman–Crippen LogP) is 0.944. The van der Waals surface area contributed by atoms with E-state index >= 15 is 0 Å². The van der Waals surface area contributed by atoms with Crippen LogP contribution >= 0.6 is 0 Å². The molecular formula is C16H31N3O2. The molecule has 0 spiro atoms. The zero-order valence-corrected chi connectivity index (χ0v) is 14.0. The molecule has 5 heteroatoms. The van der Waals surface area contributed by atoms with Crippen molar-refractivity contribution in [3.63, 3.8) is 0 Å². The van der Waals surface area contributed by atoms with Gasteiger partial charge in [0.05, 0.1) is 7.11 Å². The van der Waals surface area contributed by atoms with Crippen LogP contribution in [0.15, 0.2) is 0 Å². The molecule has 1 heterocycles. The smallest absolute Gasteiger partial charge is 0.327 e. The number of hydrogen-bond acceptors (Lipinski definition) is 5. The molecule has 0 aromatic carbocycles. The first-order valence-electron chi connectivity index (χ1n) is 8.25. The standard InChI is InChI=1S/C16H31N3O2/c1-5-17-16(13-6-7-13,15(20)21-4)12-19(3)14-8-10-18(2)11-9-14/h13-14,17H,5-12H2,1-4H3. The SMILES string of the molecule is CCNC(CN(C)C1CCN(C)CC1)(C(=O)OC)C1CC1. The maximum atomic E-state index is 12.5. The number of methoxy groups -OCH3 is 1. The number of ether oxygens (including phenoxy) is 1. The number of hydrogen-bond donors (Lipinski definition) is 1. The van der Waals surface area contributed by atoms with E-state index in [1.54, 1.807) is 0 Å². The summed E-state index contributed by atoms with van der Waals surface area (Å²) in [5.74, 6) is 0.338. The molecule has 1 saturated heterocycles. The minimum atomic E-state index is -0.512. The Morgan fingerprint density at radius 3 is 2.43 bits per heavy atom. The van der Waals surface area contributed by atoms with Gasteiger partial charge in [-0.05, 0) is 65.3 Å². The quantitative estimate of drug-likeness (QED) is 0.709. The van der Waals surface area contributed by atoms with Crippen molar-refractivity contribution in [2.45, 2.75) is 44.2 Å². The van der Waals surface area contributed by atoms with Crippen LogP contribution in [-0.2, 0) is 9.53 Å².